The number of carbonyl (C=O) groups excluding carboxylic acids is 2. The van der Waals surface area contributed by atoms with Crippen LogP contribution < -0.4 is 0 Å². The third-order valence-corrected chi connectivity index (χ3v) is 4.56. The van der Waals surface area contributed by atoms with Crippen molar-refractivity contribution in [1.29, 1.82) is 0 Å². The van der Waals surface area contributed by atoms with Gasteiger partial charge in [0.2, 0.25) is 0 Å². The van der Waals surface area contributed by atoms with Crippen LogP contribution in [0.3, 0.4) is 0 Å². The first-order valence-corrected chi connectivity index (χ1v) is 9.23. The standard InChI is InChI=1S/C20H29NO4/c1-3-24-19(22)18(20(23)25-4-2)13-17-11-8-12-21(15-17)14-16-9-6-5-7-10-16/h5-7,9-10,17-18H,3-4,8,11-15H2,1-2H3/t17-/m0/s1. The summed E-state index contributed by atoms with van der Waals surface area (Å²) in [5.74, 6) is -1.42. The molecule has 0 N–H and O–H groups in total. The molecule has 0 amide bonds. The minimum absolute atomic E-state index is 0.277. The smallest absolute Gasteiger partial charge is 0.320 e. The van der Waals surface area contributed by atoms with Crippen LogP contribution in [0, 0.1) is 11.8 Å². The highest BCUT2D eigenvalue weighted by Crippen LogP contribution is 2.26. The summed E-state index contributed by atoms with van der Waals surface area (Å²) in [5.41, 5.74) is 1.29. The fourth-order valence-corrected chi connectivity index (χ4v) is 3.44. The number of esters is 2. The van der Waals surface area contributed by atoms with Crippen LogP contribution in [0.4, 0.5) is 0 Å². The van der Waals surface area contributed by atoms with Gasteiger partial charge in [-0.1, -0.05) is 30.3 Å². The first-order chi connectivity index (χ1) is 12.1. The fourth-order valence-electron chi connectivity index (χ4n) is 3.44. The normalized spacial score (nSPS) is 18.1. The summed E-state index contributed by atoms with van der Waals surface area (Å²) in [4.78, 5) is 26.7. The van der Waals surface area contributed by atoms with E-state index in [4.69, 9.17) is 9.47 Å². The van der Waals surface area contributed by atoms with Crippen LogP contribution in [0.15, 0.2) is 30.3 Å². The first-order valence-electron chi connectivity index (χ1n) is 9.23. The topological polar surface area (TPSA) is 55.8 Å². The van der Waals surface area contributed by atoms with Gasteiger partial charge in [0.15, 0.2) is 5.92 Å². The average Bonchev–Trinajstić information content (AvgIpc) is 2.61. The molecule has 1 atom stereocenters. The van der Waals surface area contributed by atoms with E-state index in [-0.39, 0.29) is 13.2 Å². The van der Waals surface area contributed by atoms with Crippen molar-refractivity contribution in [3.63, 3.8) is 0 Å². The molecule has 138 valence electrons. The molecule has 1 aliphatic heterocycles. The number of rotatable bonds is 8. The van der Waals surface area contributed by atoms with Crippen molar-refractivity contribution >= 4 is 11.9 Å². The van der Waals surface area contributed by atoms with Crippen molar-refractivity contribution in [1.82, 2.24) is 4.90 Å². The van der Waals surface area contributed by atoms with E-state index in [0.29, 0.717) is 12.3 Å². The molecule has 5 heteroatoms. The Morgan fingerprint density at radius 3 is 2.36 bits per heavy atom. The van der Waals surface area contributed by atoms with Gasteiger partial charge >= 0.3 is 11.9 Å². The first kappa shape index (κ1) is 19.4. The Morgan fingerprint density at radius 2 is 1.76 bits per heavy atom. The van der Waals surface area contributed by atoms with Crippen LogP contribution in [0.2, 0.25) is 0 Å². The molecule has 0 aliphatic carbocycles. The van der Waals surface area contributed by atoms with Crippen LogP contribution in [-0.4, -0.2) is 43.1 Å². The van der Waals surface area contributed by atoms with Gasteiger partial charge in [0, 0.05) is 13.1 Å². The summed E-state index contributed by atoms with van der Waals surface area (Å²) in [6.45, 7) is 6.91. The number of hydrogen-bond acceptors (Lipinski definition) is 5. The van der Waals surface area contributed by atoms with Gasteiger partial charge in [0.05, 0.1) is 13.2 Å². The third kappa shape index (κ3) is 6.16. The molecule has 1 aromatic carbocycles. The zero-order valence-corrected chi connectivity index (χ0v) is 15.3. The van der Waals surface area contributed by atoms with E-state index in [9.17, 15) is 9.59 Å². The van der Waals surface area contributed by atoms with Gasteiger partial charge < -0.3 is 9.47 Å². The van der Waals surface area contributed by atoms with Crippen molar-refractivity contribution < 1.29 is 19.1 Å². The molecule has 1 saturated heterocycles. The molecule has 0 unspecified atom stereocenters. The van der Waals surface area contributed by atoms with Crippen molar-refractivity contribution in [2.45, 2.75) is 39.7 Å². The van der Waals surface area contributed by atoms with Gasteiger partial charge in [-0.3, -0.25) is 14.5 Å². The molecule has 0 aromatic heterocycles. The Labute approximate surface area is 150 Å². The number of benzene rings is 1. The lowest BCUT2D eigenvalue weighted by Crippen LogP contribution is -2.38. The summed E-state index contributed by atoms with van der Waals surface area (Å²) in [6, 6.07) is 10.4. The molecule has 0 spiro atoms. The lowest BCUT2D eigenvalue weighted by atomic mass is 9.88. The van der Waals surface area contributed by atoms with Gasteiger partial charge in [-0.05, 0) is 51.1 Å². The second-order valence-electron chi connectivity index (χ2n) is 6.52. The molecule has 0 bridgehead atoms. The van der Waals surface area contributed by atoms with E-state index < -0.39 is 17.9 Å². The average molecular weight is 347 g/mol. The Hall–Kier alpha value is -1.88. The van der Waals surface area contributed by atoms with Crippen LogP contribution in [0.25, 0.3) is 0 Å². The third-order valence-electron chi connectivity index (χ3n) is 4.56. The molecule has 1 heterocycles. The largest absolute Gasteiger partial charge is 0.465 e. The summed E-state index contributed by atoms with van der Waals surface area (Å²) in [6.07, 6.45) is 2.61. The molecule has 25 heavy (non-hydrogen) atoms. The number of hydrogen-bond donors (Lipinski definition) is 0. The van der Waals surface area contributed by atoms with Gasteiger partial charge in [-0.25, -0.2) is 0 Å². The number of carbonyl (C=O) groups is 2. The van der Waals surface area contributed by atoms with Crippen LogP contribution in [-0.2, 0) is 25.6 Å². The Morgan fingerprint density at radius 1 is 1.12 bits per heavy atom. The zero-order chi connectivity index (χ0) is 18.1. The molecule has 1 fully saturated rings. The minimum Gasteiger partial charge on any atom is -0.465 e. The molecule has 0 radical (unpaired) electrons. The number of likely N-dealkylation sites (tertiary alicyclic amines) is 1. The second kappa shape index (κ2) is 10.2. The molecule has 5 nitrogen and oxygen atoms in total. The van der Waals surface area contributed by atoms with Gasteiger partial charge in [0.25, 0.3) is 0 Å². The summed E-state index contributed by atoms with van der Waals surface area (Å²) in [7, 11) is 0. The van der Waals surface area contributed by atoms with Crippen molar-refractivity contribution in [3.8, 4) is 0 Å². The molecule has 1 aromatic rings. The van der Waals surface area contributed by atoms with Gasteiger partial charge in [-0.2, -0.15) is 0 Å². The molecular formula is C20H29NO4. The van der Waals surface area contributed by atoms with Crippen LogP contribution in [0.1, 0.15) is 38.7 Å². The van der Waals surface area contributed by atoms with E-state index in [1.165, 1.54) is 5.56 Å². The van der Waals surface area contributed by atoms with Crippen molar-refractivity contribution in [3.05, 3.63) is 35.9 Å². The van der Waals surface area contributed by atoms with E-state index in [0.717, 1.165) is 32.5 Å². The predicted molar refractivity (Wildman–Crippen MR) is 95.8 cm³/mol. The molecule has 0 saturated carbocycles. The maximum Gasteiger partial charge on any atom is 0.320 e. The van der Waals surface area contributed by atoms with Gasteiger partial charge in [0.1, 0.15) is 0 Å². The van der Waals surface area contributed by atoms with E-state index in [2.05, 4.69) is 17.0 Å². The SMILES string of the molecule is CCOC(=O)C(C[C@@H]1CCCN(Cc2ccccc2)C1)C(=O)OCC. The molecule has 2 rings (SSSR count). The molecule has 1 aliphatic rings. The second-order valence-corrected chi connectivity index (χ2v) is 6.52. The Balaban J connectivity index is 1.95. The Kier molecular flexibility index (Phi) is 7.92. The highest BCUT2D eigenvalue weighted by molar-refractivity contribution is 5.94. The monoisotopic (exact) mass is 347 g/mol. The molecular weight excluding hydrogens is 318 g/mol. The zero-order valence-electron chi connectivity index (χ0n) is 15.3. The quantitative estimate of drug-likeness (QED) is 0.534. The number of ether oxygens (including phenoxy) is 2. The maximum atomic E-state index is 12.2. The number of piperidine rings is 1. The maximum absolute atomic E-state index is 12.2. The minimum atomic E-state index is -0.804. The van der Waals surface area contributed by atoms with E-state index >= 15 is 0 Å². The summed E-state index contributed by atoms with van der Waals surface area (Å²) in [5, 5.41) is 0. The summed E-state index contributed by atoms with van der Waals surface area (Å²) < 4.78 is 10.2. The lowest BCUT2D eigenvalue weighted by Gasteiger charge is -2.33. The summed E-state index contributed by atoms with van der Waals surface area (Å²) >= 11 is 0. The predicted octanol–water partition coefficient (Wildman–Crippen LogP) is 3.03. The van der Waals surface area contributed by atoms with Crippen LogP contribution >= 0.6 is 0 Å². The van der Waals surface area contributed by atoms with Crippen molar-refractivity contribution in [2.75, 3.05) is 26.3 Å². The lowest BCUT2D eigenvalue weighted by molar-refractivity contribution is -0.162. The van der Waals surface area contributed by atoms with E-state index in [1.54, 1.807) is 13.8 Å². The van der Waals surface area contributed by atoms with Crippen molar-refractivity contribution in [2.24, 2.45) is 11.8 Å². The fraction of sp³-hybridized carbons (Fsp3) is 0.600. The Bertz CT molecular complexity index is 528. The number of nitrogens with zero attached hydrogens (tertiary/aromatic N) is 1. The van der Waals surface area contributed by atoms with Crippen LogP contribution in [0.5, 0.6) is 0 Å². The van der Waals surface area contributed by atoms with E-state index in [1.807, 2.05) is 18.2 Å². The highest BCUT2D eigenvalue weighted by atomic mass is 16.6. The van der Waals surface area contributed by atoms with Gasteiger partial charge in [-0.15, -0.1) is 0 Å². The highest BCUT2D eigenvalue weighted by Gasteiger charge is 2.33.